The Labute approximate surface area is 101 Å². The van der Waals surface area contributed by atoms with Crippen LogP contribution in [-0.4, -0.2) is 37.7 Å². The quantitative estimate of drug-likeness (QED) is 0.559. The Kier molecular flexibility index (Phi) is 8.83. The molecule has 0 atom stereocenters. The number of likely N-dealkylation sites (tertiary alicyclic amines) is 1. The van der Waals surface area contributed by atoms with E-state index in [9.17, 15) is 0 Å². The lowest BCUT2D eigenvalue weighted by atomic mass is 10.1. The first-order valence-corrected chi connectivity index (χ1v) is 7.23. The summed E-state index contributed by atoms with van der Waals surface area (Å²) in [5, 5.41) is 0. The van der Waals surface area contributed by atoms with Crippen molar-refractivity contribution in [3.63, 3.8) is 0 Å². The zero-order valence-corrected chi connectivity index (χ0v) is 11.0. The Morgan fingerprint density at radius 2 is 1.62 bits per heavy atom. The van der Waals surface area contributed by atoms with E-state index in [1.807, 2.05) is 0 Å². The van der Waals surface area contributed by atoms with Crippen LogP contribution in [0.4, 0.5) is 0 Å². The van der Waals surface area contributed by atoms with Crippen LogP contribution in [0.3, 0.4) is 0 Å². The summed E-state index contributed by atoms with van der Waals surface area (Å²) in [7, 11) is 0. The number of unbranched alkanes of at least 4 members (excludes halogenated alkanes) is 3. The summed E-state index contributed by atoms with van der Waals surface area (Å²) in [6.07, 6.45) is 10.7. The van der Waals surface area contributed by atoms with Crippen molar-refractivity contribution in [2.45, 2.75) is 58.3 Å². The van der Waals surface area contributed by atoms with Crippen molar-refractivity contribution in [1.82, 2.24) is 4.90 Å². The van der Waals surface area contributed by atoms with Gasteiger partial charge in [0.15, 0.2) is 0 Å². The van der Waals surface area contributed by atoms with Gasteiger partial charge < -0.3 is 9.64 Å². The molecule has 1 fully saturated rings. The summed E-state index contributed by atoms with van der Waals surface area (Å²) in [4.78, 5) is 2.59. The predicted octanol–water partition coefficient (Wildman–Crippen LogP) is 3.46. The van der Waals surface area contributed by atoms with Crippen LogP contribution >= 0.6 is 0 Å². The van der Waals surface area contributed by atoms with Crippen molar-refractivity contribution < 1.29 is 4.74 Å². The molecule has 0 radical (unpaired) electrons. The average Bonchev–Trinajstić information content (AvgIpc) is 2.34. The lowest BCUT2D eigenvalue weighted by Crippen LogP contribution is -2.31. The molecule has 0 spiro atoms. The van der Waals surface area contributed by atoms with E-state index in [2.05, 4.69) is 11.8 Å². The monoisotopic (exact) mass is 227 g/mol. The van der Waals surface area contributed by atoms with E-state index in [0.29, 0.717) is 0 Å². The molecule has 0 unspecified atom stereocenters. The number of piperidine rings is 1. The summed E-state index contributed by atoms with van der Waals surface area (Å²) >= 11 is 0. The third-order valence-electron chi connectivity index (χ3n) is 3.35. The zero-order valence-electron chi connectivity index (χ0n) is 11.0. The van der Waals surface area contributed by atoms with Gasteiger partial charge in [0.05, 0.1) is 0 Å². The number of hydrogen-bond acceptors (Lipinski definition) is 2. The summed E-state index contributed by atoms with van der Waals surface area (Å²) in [5.74, 6) is 0. The highest BCUT2D eigenvalue weighted by Gasteiger charge is 2.08. The van der Waals surface area contributed by atoms with Gasteiger partial charge in [0.2, 0.25) is 0 Å². The van der Waals surface area contributed by atoms with Crippen LogP contribution in [0.1, 0.15) is 58.3 Å². The molecule has 1 heterocycles. The minimum Gasteiger partial charge on any atom is -0.381 e. The van der Waals surface area contributed by atoms with E-state index >= 15 is 0 Å². The lowest BCUT2D eigenvalue weighted by Gasteiger charge is -2.26. The molecule has 2 nitrogen and oxygen atoms in total. The molecule has 0 N–H and O–H groups in total. The minimum absolute atomic E-state index is 0.961. The summed E-state index contributed by atoms with van der Waals surface area (Å²) in [6, 6.07) is 0. The SMILES string of the molecule is CCCCCCOCCCN1CCCCC1. The Morgan fingerprint density at radius 1 is 0.875 bits per heavy atom. The van der Waals surface area contributed by atoms with E-state index in [1.54, 1.807) is 0 Å². The molecule has 0 amide bonds. The van der Waals surface area contributed by atoms with E-state index in [1.165, 1.54) is 71.0 Å². The molecule has 0 aromatic carbocycles. The zero-order chi connectivity index (χ0) is 11.5. The van der Waals surface area contributed by atoms with E-state index in [4.69, 9.17) is 4.74 Å². The first kappa shape index (κ1) is 14.0. The molecular weight excluding hydrogens is 198 g/mol. The molecule has 0 aliphatic carbocycles. The van der Waals surface area contributed by atoms with E-state index in [-0.39, 0.29) is 0 Å². The van der Waals surface area contributed by atoms with Gasteiger partial charge in [0.1, 0.15) is 0 Å². The second-order valence-electron chi connectivity index (χ2n) is 4.93. The summed E-state index contributed by atoms with van der Waals surface area (Å²) < 4.78 is 5.64. The van der Waals surface area contributed by atoms with Crippen molar-refractivity contribution in [1.29, 1.82) is 0 Å². The smallest absolute Gasteiger partial charge is 0.0478 e. The van der Waals surface area contributed by atoms with E-state index < -0.39 is 0 Å². The third-order valence-corrected chi connectivity index (χ3v) is 3.35. The minimum atomic E-state index is 0.961. The highest BCUT2D eigenvalue weighted by Crippen LogP contribution is 2.08. The molecule has 0 bridgehead atoms. The molecule has 16 heavy (non-hydrogen) atoms. The fourth-order valence-electron chi connectivity index (χ4n) is 2.31. The van der Waals surface area contributed by atoms with Crippen LogP contribution in [0, 0.1) is 0 Å². The average molecular weight is 227 g/mol. The molecular formula is C14H29NO. The Bertz CT molecular complexity index is 144. The van der Waals surface area contributed by atoms with Gasteiger partial charge in [-0.05, 0) is 38.8 Å². The van der Waals surface area contributed by atoms with Crippen molar-refractivity contribution >= 4 is 0 Å². The molecule has 0 saturated carbocycles. The maximum atomic E-state index is 5.64. The van der Waals surface area contributed by atoms with Crippen LogP contribution in [0.15, 0.2) is 0 Å². The normalized spacial score (nSPS) is 17.8. The molecule has 1 aliphatic heterocycles. The number of nitrogens with zero attached hydrogens (tertiary/aromatic N) is 1. The predicted molar refractivity (Wildman–Crippen MR) is 69.9 cm³/mol. The van der Waals surface area contributed by atoms with Crippen molar-refractivity contribution in [3.8, 4) is 0 Å². The van der Waals surface area contributed by atoms with Crippen molar-refractivity contribution in [2.24, 2.45) is 0 Å². The Balaban J connectivity index is 1.77. The maximum absolute atomic E-state index is 5.64. The molecule has 96 valence electrons. The molecule has 0 aromatic rings. The van der Waals surface area contributed by atoms with Crippen LogP contribution in [0.2, 0.25) is 0 Å². The summed E-state index contributed by atoms with van der Waals surface area (Å²) in [6.45, 7) is 8.06. The maximum Gasteiger partial charge on any atom is 0.0478 e. The van der Waals surface area contributed by atoms with Gasteiger partial charge in [0, 0.05) is 19.8 Å². The first-order valence-electron chi connectivity index (χ1n) is 7.23. The number of hydrogen-bond donors (Lipinski definition) is 0. The van der Waals surface area contributed by atoms with Crippen LogP contribution in [0.5, 0.6) is 0 Å². The van der Waals surface area contributed by atoms with Gasteiger partial charge in [-0.3, -0.25) is 0 Å². The lowest BCUT2D eigenvalue weighted by molar-refractivity contribution is 0.113. The van der Waals surface area contributed by atoms with Crippen molar-refractivity contribution in [3.05, 3.63) is 0 Å². The van der Waals surface area contributed by atoms with Crippen LogP contribution < -0.4 is 0 Å². The third kappa shape index (κ3) is 7.24. The van der Waals surface area contributed by atoms with Gasteiger partial charge >= 0.3 is 0 Å². The fourth-order valence-corrected chi connectivity index (χ4v) is 2.31. The fraction of sp³-hybridized carbons (Fsp3) is 1.00. The van der Waals surface area contributed by atoms with E-state index in [0.717, 1.165) is 13.2 Å². The van der Waals surface area contributed by atoms with Gasteiger partial charge in [-0.2, -0.15) is 0 Å². The van der Waals surface area contributed by atoms with Crippen molar-refractivity contribution in [2.75, 3.05) is 32.8 Å². The first-order chi connectivity index (χ1) is 7.93. The van der Waals surface area contributed by atoms with Crippen LogP contribution in [0.25, 0.3) is 0 Å². The standard InChI is InChI=1S/C14H29NO/c1-2-3-4-8-13-16-14-9-12-15-10-6-5-7-11-15/h2-14H2,1H3. The largest absolute Gasteiger partial charge is 0.381 e. The van der Waals surface area contributed by atoms with Crippen LogP contribution in [-0.2, 0) is 4.74 Å². The Morgan fingerprint density at radius 3 is 2.38 bits per heavy atom. The number of ether oxygens (including phenoxy) is 1. The molecule has 1 saturated heterocycles. The topological polar surface area (TPSA) is 12.5 Å². The molecule has 1 aliphatic rings. The second-order valence-corrected chi connectivity index (χ2v) is 4.93. The van der Waals surface area contributed by atoms with Gasteiger partial charge in [-0.15, -0.1) is 0 Å². The van der Waals surface area contributed by atoms with Gasteiger partial charge in [-0.1, -0.05) is 32.6 Å². The Hall–Kier alpha value is -0.0800. The molecule has 2 heteroatoms. The summed E-state index contributed by atoms with van der Waals surface area (Å²) in [5.41, 5.74) is 0. The van der Waals surface area contributed by atoms with Gasteiger partial charge in [-0.25, -0.2) is 0 Å². The molecule has 0 aromatic heterocycles. The molecule has 1 rings (SSSR count). The number of rotatable bonds is 9. The highest BCUT2D eigenvalue weighted by atomic mass is 16.5. The highest BCUT2D eigenvalue weighted by molar-refractivity contribution is 4.63. The second kappa shape index (κ2) is 10.1. The van der Waals surface area contributed by atoms with Gasteiger partial charge in [0.25, 0.3) is 0 Å².